The van der Waals surface area contributed by atoms with Crippen LogP contribution < -0.4 is 11.1 Å². The SMILES string of the molecule is C[C@H]1CN(C(=O)CC(C)(C)C)CC1(C)C.N#CC(NC=O)c1cnn2ccc3ocnc3c12.NC(=O)C(F)(F)F. The van der Waals surface area contributed by atoms with E-state index >= 15 is 0 Å². The van der Waals surface area contributed by atoms with Crippen LogP contribution in [0.4, 0.5) is 13.2 Å². The number of nitrogens with one attached hydrogen (secondary N) is 1. The normalized spacial score (nSPS) is 17.2. The van der Waals surface area contributed by atoms with Crippen molar-refractivity contribution in [2.45, 2.75) is 60.2 Å². The van der Waals surface area contributed by atoms with Gasteiger partial charge in [-0.2, -0.15) is 23.5 Å². The molecule has 40 heavy (non-hydrogen) atoms. The Bertz CT molecular complexity index is 1380. The fourth-order valence-electron chi connectivity index (χ4n) is 3.94. The first-order valence-corrected chi connectivity index (χ1v) is 12.3. The van der Waals surface area contributed by atoms with Crippen LogP contribution in [0.3, 0.4) is 0 Å². The molecule has 3 amide bonds. The van der Waals surface area contributed by atoms with E-state index in [1.807, 2.05) is 11.0 Å². The number of nitriles is 1. The molecule has 0 aliphatic carbocycles. The van der Waals surface area contributed by atoms with E-state index in [-0.39, 0.29) is 10.8 Å². The second-order valence-corrected chi connectivity index (χ2v) is 11.4. The van der Waals surface area contributed by atoms with Crippen LogP contribution in [-0.2, 0) is 14.4 Å². The van der Waals surface area contributed by atoms with E-state index in [4.69, 9.17) is 14.5 Å². The van der Waals surface area contributed by atoms with E-state index in [1.54, 1.807) is 16.8 Å². The second-order valence-electron chi connectivity index (χ2n) is 11.4. The minimum absolute atomic E-state index is 0.104. The van der Waals surface area contributed by atoms with Crippen molar-refractivity contribution in [3.63, 3.8) is 0 Å². The number of fused-ring (bicyclic) bond motifs is 3. The minimum atomic E-state index is -4.86. The Kier molecular flexibility index (Phi) is 9.90. The van der Waals surface area contributed by atoms with Crippen molar-refractivity contribution >= 4 is 34.8 Å². The number of pyridine rings is 1. The molecule has 1 saturated heterocycles. The van der Waals surface area contributed by atoms with Crippen LogP contribution in [0.1, 0.15) is 59.6 Å². The number of likely N-dealkylation sites (tertiary alicyclic amines) is 1. The molecule has 3 aromatic rings. The molecule has 0 saturated carbocycles. The third-order valence-corrected chi connectivity index (χ3v) is 6.43. The molecular formula is C26H34F3N7O4. The molecule has 218 valence electrons. The van der Waals surface area contributed by atoms with Gasteiger partial charge in [-0.25, -0.2) is 9.50 Å². The van der Waals surface area contributed by atoms with E-state index in [1.165, 1.54) is 12.6 Å². The lowest BCUT2D eigenvalue weighted by molar-refractivity contribution is -0.169. The summed E-state index contributed by atoms with van der Waals surface area (Å²) in [6.07, 6.45) is 0.863. The number of rotatable bonds is 4. The first-order valence-electron chi connectivity index (χ1n) is 12.3. The molecule has 1 unspecified atom stereocenters. The summed E-state index contributed by atoms with van der Waals surface area (Å²) in [5.74, 6) is -1.33. The highest BCUT2D eigenvalue weighted by molar-refractivity contribution is 5.91. The van der Waals surface area contributed by atoms with Crippen molar-refractivity contribution in [2.75, 3.05) is 13.1 Å². The molecule has 1 aliphatic heterocycles. The van der Waals surface area contributed by atoms with Gasteiger partial charge in [0.15, 0.2) is 12.0 Å². The van der Waals surface area contributed by atoms with E-state index in [0.717, 1.165) is 13.1 Å². The summed E-state index contributed by atoms with van der Waals surface area (Å²) in [4.78, 5) is 37.8. The van der Waals surface area contributed by atoms with E-state index in [9.17, 15) is 22.8 Å². The summed E-state index contributed by atoms with van der Waals surface area (Å²) >= 11 is 0. The van der Waals surface area contributed by atoms with Crippen molar-refractivity contribution in [2.24, 2.45) is 22.5 Å². The standard InChI is InChI=1S/C13H25NO.C11H7N5O2.C2H2F3NO/c1-10-8-14(9-13(10,5)6)11(15)7-12(2,3)4;12-3-8(13-5-17)7-4-15-16-2-1-9-10(11(7)16)14-6-18-9;3-2(4,5)1(6)7/h10H,7-9H2,1-6H3;1-2,4-6,8H,(H,13,17);(H2,6,7)/t10-;;/m0../s1. The van der Waals surface area contributed by atoms with Gasteiger partial charge in [0.2, 0.25) is 12.3 Å². The number of hydrogen-bond donors (Lipinski definition) is 2. The van der Waals surface area contributed by atoms with Gasteiger partial charge in [-0.1, -0.05) is 41.5 Å². The molecule has 2 atom stereocenters. The third kappa shape index (κ3) is 8.17. The Balaban J connectivity index is 0.000000231. The number of oxazole rings is 1. The molecule has 3 aromatic heterocycles. The van der Waals surface area contributed by atoms with Crippen molar-refractivity contribution < 1.29 is 32.0 Å². The number of nitrogens with zero attached hydrogens (tertiary/aromatic N) is 5. The number of alkyl halides is 3. The summed E-state index contributed by atoms with van der Waals surface area (Å²) in [7, 11) is 0. The molecule has 3 N–H and O–H groups in total. The molecule has 0 radical (unpaired) electrons. The number of amides is 3. The third-order valence-electron chi connectivity index (χ3n) is 6.43. The highest BCUT2D eigenvalue weighted by Gasteiger charge is 2.39. The Morgan fingerprint density at radius 2 is 1.98 bits per heavy atom. The molecular weight excluding hydrogens is 531 g/mol. The van der Waals surface area contributed by atoms with Gasteiger partial charge in [0.05, 0.1) is 12.3 Å². The smallest absolute Gasteiger partial charge is 0.443 e. The molecule has 14 heteroatoms. The summed E-state index contributed by atoms with van der Waals surface area (Å²) in [6.45, 7) is 15.0. The highest BCUT2D eigenvalue weighted by Crippen LogP contribution is 2.35. The maximum Gasteiger partial charge on any atom is 0.470 e. The van der Waals surface area contributed by atoms with Crippen LogP contribution in [0.25, 0.3) is 16.6 Å². The zero-order valence-electron chi connectivity index (χ0n) is 23.2. The maximum absolute atomic E-state index is 12.0. The molecule has 0 bridgehead atoms. The molecule has 11 nitrogen and oxygen atoms in total. The monoisotopic (exact) mass is 565 g/mol. The number of carbonyl (C=O) groups is 3. The van der Waals surface area contributed by atoms with Gasteiger partial charge >= 0.3 is 12.1 Å². The molecule has 1 aliphatic rings. The van der Waals surface area contributed by atoms with E-state index < -0.39 is 18.1 Å². The van der Waals surface area contributed by atoms with Crippen molar-refractivity contribution in [1.82, 2.24) is 24.8 Å². The summed E-state index contributed by atoms with van der Waals surface area (Å²) in [6, 6.07) is 2.98. The number of nitrogens with two attached hydrogens (primary N) is 1. The lowest BCUT2D eigenvalue weighted by Crippen LogP contribution is -2.32. The van der Waals surface area contributed by atoms with Gasteiger partial charge in [-0.05, 0) is 16.7 Å². The fourth-order valence-corrected chi connectivity index (χ4v) is 3.94. The first kappa shape index (κ1) is 32.1. The zero-order valence-corrected chi connectivity index (χ0v) is 23.2. The van der Waals surface area contributed by atoms with Gasteiger partial charge in [-0.3, -0.25) is 14.4 Å². The van der Waals surface area contributed by atoms with E-state index in [2.05, 4.69) is 62.7 Å². The lowest BCUT2D eigenvalue weighted by atomic mass is 9.84. The summed E-state index contributed by atoms with van der Waals surface area (Å²) in [5.41, 5.74) is 6.65. The van der Waals surface area contributed by atoms with Crippen molar-refractivity contribution in [3.8, 4) is 6.07 Å². The minimum Gasteiger partial charge on any atom is -0.443 e. The Morgan fingerprint density at radius 1 is 1.35 bits per heavy atom. The Hall–Kier alpha value is -4.15. The Morgan fingerprint density at radius 3 is 2.45 bits per heavy atom. The maximum atomic E-state index is 12.0. The van der Waals surface area contributed by atoms with Crippen molar-refractivity contribution in [3.05, 3.63) is 30.4 Å². The number of carbonyl (C=O) groups excluding carboxylic acids is 3. The predicted molar refractivity (Wildman–Crippen MR) is 139 cm³/mol. The van der Waals surface area contributed by atoms with Crippen LogP contribution in [0.2, 0.25) is 0 Å². The number of aromatic nitrogens is 3. The summed E-state index contributed by atoms with van der Waals surface area (Å²) in [5, 5.41) is 15.6. The fraction of sp³-hybridized carbons (Fsp3) is 0.538. The number of hydrogen-bond acceptors (Lipinski definition) is 7. The van der Waals surface area contributed by atoms with Gasteiger partial charge in [0.1, 0.15) is 17.1 Å². The average Bonchev–Trinajstić information content (AvgIpc) is 3.53. The van der Waals surface area contributed by atoms with Gasteiger partial charge in [0.25, 0.3) is 0 Å². The van der Waals surface area contributed by atoms with Crippen LogP contribution in [0.15, 0.2) is 29.3 Å². The van der Waals surface area contributed by atoms with Gasteiger partial charge in [-0.15, -0.1) is 0 Å². The zero-order chi connectivity index (χ0) is 30.5. The molecule has 4 heterocycles. The van der Waals surface area contributed by atoms with Crippen LogP contribution in [0.5, 0.6) is 0 Å². The van der Waals surface area contributed by atoms with E-state index in [0.29, 0.717) is 46.8 Å². The number of primary amides is 1. The predicted octanol–water partition coefficient (Wildman–Crippen LogP) is 3.75. The molecule has 0 aromatic carbocycles. The van der Waals surface area contributed by atoms with Gasteiger partial charge in [0, 0.05) is 37.3 Å². The average molecular weight is 566 g/mol. The van der Waals surface area contributed by atoms with Crippen molar-refractivity contribution in [1.29, 1.82) is 5.26 Å². The molecule has 4 rings (SSSR count). The number of halogens is 3. The van der Waals surface area contributed by atoms with Crippen LogP contribution in [-0.4, -0.2) is 57.0 Å². The summed E-state index contributed by atoms with van der Waals surface area (Å²) < 4.78 is 38.9. The second kappa shape index (κ2) is 12.4. The van der Waals surface area contributed by atoms with Gasteiger partial charge < -0.3 is 20.4 Å². The lowest BCUT2D eigenvalue weighted by Gasteiger charge is -2.24. The molecule has 1 fully saturated rings. The quantitative estimate of drug-likeness (QED) is 0.456. The topological polar surface area (TPSA) is 160 Å². The van der Waals surface area contributed by atoms with Crippen LogP contribution in [0, 0.1) is 28.1 Å². The first-order chi connectivity index (χ1) is 18.4. The molecule has 0 spiro atoms. The largest absolute Gasteiger partial charge is 0.470 e. The Labute approximate surface area is 229 Å². The van der Waals surface area contributed by atoms with Crippen LogP contribution >= 0.6 is 0 Å². The highest BCUT2D eigenvalue weighted by atomic mass is 19.4.